The van der Waals surface area contributed by atoms with Crippen molar-refractivity contribution in [3.8, 4) is 0 Å². The molecule has 0 aliphatic rings. The van der Waals surface area contributed by atoms with Crippen LogP contribution in [0.4, 0.5) is 0 Å². The van der Waals surface area contributed by atoms with Gasteiger partial charge in [-0.15, -0.1) is 0 Å². The van der Waals surface area contributed by atoms with Gasteiger partial charge in [0.2, 0.25) is 0 Å². The van der Waals surface area contributed by atoms with Crippen molar-refractivity contribution in [2.75, 3.05) is 39.6 Å². The standard InChI is InChI=1S/C75H146O17P2/c1-7-9-11-13-15-17-19-20-22-26-29-33-40-46-52-58-73(78)86-63-70(91-74(79)59-53-47-41-34-30-27-24-21-23-25-28-31-37-43-49-55-67(3)4)65-89-93(81,82)87-61-69(76)62-88-94(83,84)90-66-71(64-85-72(77)57-51-45-39-32-18-16-14-12-10-8-2)92-75(80)60-54-48-42-36-35-38-44-50-56-68(5)6/h67-71,76H,7-66H2,1-6H3,(H,81,82)(H,83,84)/t69-,70-,71-/m1/s1. The molecule has 558 valence electrons. The smallest absolute Gasteiger partial charge is 0.462 e. The van der Waals surface area contributed by atoms with Crippen molar-refractivity contribution >= 4 is 39.5 Å². The van der Waals surface area contributed by atoms with Gasteiger partial charge < -0.3 is 33.8 Å². The number of esters is 4. The molecule has 0 heterocycles. The normalized spacial score (nSPS) is 14.0. The molecule has 0 aliphatic heterocycles. The van der Waals surface area contributed by atoms with Crippen LogP contribution in [0.5, 0.6) is 0 Å². The van der Waals surface area contributed by atoms with E-state index in [0.717, 1.165) is 102 Å². The molecule has 0 fully saturated rings. The van der Waals surface area contributed by atoms with Gasteiger partial charge in [0.1, 0.15) is 19.3 Å². The number of unbranched alkanes of at least 4 members (excludes halogenated alkanes) is 44. The lowest BCUT2D eigenvalue weighted by atomic mass is 10.0. The highest BCUT2D eigenvalue weighted by molar-refractivity contribution is 7.47. The lowest BCUT2D eigenvalue weighted by molar-refractivity contribution is -0.161. The van der Waals surface area contributed by atoms with Crippen LogP contribution in [0.25, 0.3) is 0 Å². The fraction of sp³-hybridized carbons (Fsp3) is 0.947. The van der Waals surface area contributed by atoms with E-state index in [1.54, 1.807) is 0 Å². The summed E-state index contributed by atoms with van der Waals surface area (Å²) in [5.41, 5.74) is 0. The van der Waals surface area contributed by atoms with E-state index in [-0.39, 0.29) is 25.7 Å². The second-order valence-corrected chi connectivity index (χ2v) is 30.9. The summed E-state index contributed by atoms with van der Waals surface area (Å²) in [5, 5.41) is 10.6. The first kappa shape index (κ1) is 92.1. The Morgan fingerprint density at radius 2 is 0.489 bits per heavy atom. The zero-order valence-electron chi connectivity index (χ0n) is 61.3. The number of rotatable bonds is 74. The third kappa shape index (κ3) is 68.6. The van der Waals surface area contributed by atoms with Crippen molar-refractivity contribution in [2.24, 2.45) is 11.8 Å². The third-order valence-corrected chi connectivity index (χ3v) is 19.4. The number of hydrogen-bond donors (Lipinski definition) is 3. The van der Waals surface area contributed by atoms with E-state index in [1.807, 2.05) is 0 Å². The molecule has 0 bridgehead atoms. The van der Waals surface area contributed by atoms with Gasteiger partial charge in [0.15, 0.2) is 12.2 Å². The van der Waals surface area contributed by atoms with Crippen LogP contribution in [-0.2, 0) is 65.4 Å². The molecule has 17 nitrogen and oxygen atoms in total. The lowest BCUT2D eigenvalue weighted by Gasteiger charge is -2.21. The molecule has 0 aromatic heterocycles. The summed E-state index contributed by atoms with van der Waals surface area (Å²) in [4.78, 5) is 72.7. The molecule has 0 rings (SSSR count). The van der Waals surface area contributed by atoms with E-state index < -0.39 is 97.5 Å². The maximum atomic E-state index is 13.1. The Kier molecular flexibility index (Phi) is 65.5. The average molecular weight is 1380 g/mol. The van der Waals surface area contributed by atoms with E-state index in [4.69, 9.17) is 37.0 Å². The van der Waals surface area contributed by atoms with Crippen molar-refractivity contribution in [2.45, 2.75) is 407 Å². The first-order valence-electron chi connectivity index (χ1n) is 39.0. The molecule has 0 aromatic carbocycles. The fourth-order valence-corrected chi connectivity index (χ4v) is 13.1. The molecule has 5 atom stereocenters. The van der Waals surface area contributed by atoms with Gasteiger partial charge in [-0.25, -0.2) is 9.13 Å². The Bertz CT molecular complexity index is 1820. The molecule has 0 aliphatic carbocycles. The van der Waals surface area contributed by atoms with Crippen molar-refractivity contribution in [3.05, 3.63) is 0 Å². The third-order valence-electron chi connectivity index (χ3n) is 17.5. The summed E-state index contributed by atoms with van der Waals surface area (Å²) in [6, 6.07) is 0. The average Bonchev–Trinajstić information content (AvgIpc) is 1.86. The lowest BCUT2D eigenvalue weighted by Crippen LogP contribution is -2.30. The van der Waals surface area contributed by atoms with Gasteiger partial charge in [-0.1, -0.05) is 337 Å². The van der Waals surface area contributed by atoms with Gasteiger partial charge >= 0.3 is 39.5 Å². The fourth-order valence-electron chi connectivity index (χ4n) is 11.5. The van der Waals surface area contributed by atoms with Gasteiger partial charge in [-0.3, -0.25) is 37.3 Å². The van der Waals surface area contributed by atoms with Crippen molar-refractivity contribution < 1.29 is 80.2 Å². The number of aliphatic hydroxyl groups is 1. The van der Waals surface area contributed by atoms with Crippen molar-refractivity contribution in [3.63, 3.8) is 0 Å². The minimum absolute atomic E-state index is 0.105. The van der Waals surface area contributed by atoms with Gasteiger partial charge in [0.05, 0.1) is 26.4 Å². The zero-order valence-corrected chi connectivity index (χ0v) is 63.1. The summed E-state index contributed by atoms with van der Waals surface area (Å²) in [7, 11) is -9.91. The summed E-state index contributed by atoms with van der Waals surface area (Å²) >= 11 is 0. The number of carbonyl (C=O) groups excluding carboxylic acids is 4. The van der Waals surface area contributed by atoms with E-state index >= 15 is 0 Å². The maximum absolute atomic E-state index is 13.1. The predicted molar refractivity (Wildman–Crippen MR) is 381 cm³/mol. The van der Waals surface area contributed by atoms with Crippen LogP contribution >= 0.6 is 15.6 Å². The van der Waals surface area contributed by atoms with Crippen LogP contribution in [0.15, 0.2) is 0 Å². The number of aliphatic hydroxyl groups excluding tert-OH is 1. The summed E-state index contributed by atoms with van der Waals surface area (Å²) in [5.74, 6) is -0.596. The quantitative estimate of drug-likeness (QED) is 0.0222. The minimum atomic E-state index is -4.96. The maximum Gasteiger partial charge on any atom is 0.472 e. The summed E-state index contributed by atoms with van der Waals surface area (Å²) < 4.78 is 68.5. The molecule has 0 aromatic rings. The molecule has 94 heavy (non-hydrogen) atoms. The Hall–Kier alpha value is -1.94. The highest BCUT2D eigenvalue weighted by Crippen LogP contribution is 2.45. The second kappa shape index (κ2) is 66.9. The van der Waals surface area contributed by atoms with E-state index in [2.05, 4.69) is 41.5 Å². The van der Waals surface area contributed by atoms with Gasteiger partial charge in [-0.05, 0) is 37.5 Å². The van der Waals surface area contributed by atoms with Crippen LogP contribution in [0.2, 0.25) is 0 Å². The molecular weight excluding hydrogens is 1230 g/mol. The number of hydrogen-bond acceptors (Lipinski definition) is 15. The highest BCUT2D eigenvalue weighted by Gasteiger charge is 2.30. The van der Waals surface area contributed by atoms with Crippen LogP contribution in [0, 0.1) is 11.8 Å². The number of carbonyl (C=O) groups is 4. The van der Waals surface area contributed by atoms with E-state index in [1.165, 1.54) is 205 Å². The van der Waals surface area contributed by atoms with Gasteiger partial charge in [-0.2, -0.15) is 0 Å². The van der Waals surface area contributed by atoms with E-state index in [0.29, 0.717) is 25.7 Å². The topological polar surface area (TPSA) is 237 Å². The molecule has 3 N–H and O–H groups in total. The minimum Gasteiger partial charge on any atom is -0.462 e. The first-order valence-corrected chi connectivity index (χ1v) is 42.0. The monoisotopic (exact) mass is 1380 g/mol. The number of ether oxygens (including phenoxy) is 4. The molecule has 0 amide bonds. The second-order valence-electron chi connectivity index (χ2n) is 28.0. The number of phosphoric acid groups is 2. The summed E-state index contributed by atoms with van der Waals surface area (Å²) in [6.07, 6.45) is 54.1. The van der Waals surface area contributed by atoms with Crippen LogP contribution in [0.1, 0.15) is 388 Å². The largest absolute Gasteiger partial charge is 0.472 e. The molecule has 0 radical (unpaired) electrons. The van der Waals surface area contributed by atoms with Gasteiger partial charge in [0.25, 0.3) is 0 Å². The molecule has 0 spiro atoms. The summed E-state index contributed by atoms with van der Waals surface area (Å²) in [6.45, 7) is 9.57. The van der Waals surface area contributed by atoms with Gasteiger partial charge in [0, 0.05) is 25.7 Å². The van der Waals surface area contributed by atoms with Crippen molar-refractivity contribution in [1.82, 2.24) is 0 Å². The molecular formula is C75H146O17P2. The highest BCUT2D eigenvalue weighted by atomic mass is 31.2. The Labute approximate surface area is 575 Å². The predicted octanol–water partition coefficient (Wildman–Crippen LogP) is 21.9. The Balaban J connectivity index is 5.23. The number of phosphoric ester groups is 2. The first-order chi connectivity index (χ1) is 45.4. The zero-order chi connectivity index (χ0) is 69.3. The van der Waals surface area contributed by atoms with Crippen LogP contribution in [-0.4, -0.2) is 96.7 Å². The van der Waals surface area contributed by atoms with E-state index in [9.17, 15) is 43.2 Å². The van der Waals surface area contributed by atoms with Crippen LogP contribution < -0.4 is 0 Å². The molecule has 0 saturated carbocycles. The molecule has 19 heteroatoms. The Morgan fingerprint density at radius 1 is 0.287 bits per heavy atom. The van der Waals surface area contributed by atoms with Crippen molar-refractivity contribution in [1.29, 1.82) is 0 Å². The van der Waals surface area contributed by atoms with Crippen LogP contribution in [0.3, 0.4) is 0 Å². The SMILES string of the molecule is CCCCCCCCCCCCCCCCCC(=O)OC[C@H](COP(=O)(O)OC[C@@H](O)COP(=O)(O)OC[C@@H](COC(=O)CCCCCCCCCCCC)OC(=O)CCCCCCCCCCC(C)C)OC(=O)CCCCCCCCCCCCCCCCCC(C)C. The Morgan fingerprint density at radius 3 is 0.723 bits per heavy atom. The molecule has 0 saturated heterocycles. The molecule has 2 unspecified atom stereocenters.